The van der Waals surface area contributed by atoms with E-state index in [1.54, 1.807) is 11.3 Å². The Kier molecular flexibility index (Phi) is 4.02. The van der Waals surface area contributed by atoms with Crippen molar-refractivity contribution < 1.29 is 0 Å². The third kappa shape index (κ3) is 3.20. The van der Waals surface area contributed by atoms with Gasteiger partial charge < -0.3 is 5.32 Å². The smallest absolute Gasteiger partial charge is 0.183 e. The highest BCUT2D eigenvalue weighted by atomic mass is 35.5. The second kappa shape index (κ2) is 5.52. The first kappa shape index (κ1) is 12.4. The highest BCUT2D eigenvalue weighted by Gasteiger charge is 2.06. The average molecular weight is 267 g/mol. The number of nitrogens with zero attached hydrogens (tertiary/aromatic N) is 1. The molecular weight excluding hydrogens is 252 g/mol. The van der Waals surface area contributed by atoms with Crippen LogP contribution in [-0.4, -0.2) is 11.0 Å². The molecule has 4 heteroatoms. The number of anilines is 1. The highest BCUT2D eigenvalue weighted by molar-refractivity contribution is 7.14. The summed E-state index contributed by atoms with van der Waals surface area (Å²) >= 11 is 7.50. The largest absolute Gasteiger partial charge is 0.359 e. The van der Waals surface area contributed by atoms with Crippen LogP contribution in [0.2, 0.25) is 5.02 Å². The first-order valence-electron chi connectivity index (χ1n) is 5.67. The van der Waals surface area contributed by atoms with Crippen LogP contribution in [0.25, 0.3) is 11.3 Å². The van der Waals surface area contributed by atoms with Crippen LogP contribution < -0.4 is 5.32 Å². The summed E-state index contributed by atoms with van der Waals surface area (Å²) in [6.07, 6.45) is 1.09. The Morgan fingerprint density at radius 1 is 1.35 bits per heavy atom. The van der Waals surface area contributed by atoms with Crippen LogP contribution in [0.3, 0.4) is 0 Å². The quantitative estimate of drug-likeness (QED) is 0.870. The van der Waals surface area contributed by atoms with Gasteiger partial charge in [-0.3, -0.25) is 0 Å². The third-order valence-electron chi connectivity index (χ3n) is 2.63. The molecule has 0 amide bonds. The minimum absolute atomic E-state index is 0.458. The van der Waals surface area contributed by atoms with Gasteiger partial charge in [0.1, 0.15) is 0 Å². The van der Waals surface area contributed by atoms with Gasteiger partial charge in [0, 0.05) is 22.0 Å². The van der Waals surface area contributed by atoms with Crippen LogP contribution in [0.1, 0.15) is 20.3 Å². The molecule has 0 fully saturated rings. The van der Waals surface area contributed by atoms with Gasteiger partial charge in [-0.2, -0.15) is 0 Å². The highest BCUT2D eigenvalue weighted by Crippen LogP contribution is 2.26. The second-order valence-electron chi connectivity index (χ2n) is 4.00. The van der Waals surface area contributed by atoms with Crippen molar-refractivity contribution in [3.05, 3.63) is 34.7 Å². The lowest BCUT2D eigenvalue weighted by atomic mass is 10.2. The number of thiazole rings is 1. The number of benzene rings is 1. The van der Waals surface area contributed by atoms with Crippen molar-refractivity contribution in [1.82, 2.24) is 4.98 Å². The molecule has 2 aromatic rings. The molecule has 1 aromatic heterocycles. The monoisotopic (exact) mass is 266 g/mol. The van der Waals surface area contributed by atoms with Gasteiger partial charge >= 0.3 is 0 Å². The van der Waals surface area contributed by atoms with E-state index in [9.17, 15) is 0 Å². The van der Waals surface area contributed by atoms with Gasteiger partial charge in [-0.1, -0.05) is 30.7 Å². The van der Waals surface area contributed by atoms with Gasteiger partial charge in [-0.05, 0) is 25.5 Å². The summed E-state index contributed by atoms with van der Waals surface area (Å²) in [6, 6.07) is 8.21. The molecule has 0 saturated heterocycles. The SMILES string of the molecule is CC[C@H](C)Nc1nc(-c2ccc(Cl)cc2)cs1. The zero-order chi connectivity index (χ0) is 12.3. The fraction of sp³-hybridized carbons (Fsp3) is 0.308. The van der Waals surface area contributed by atoms with Crippen LogP contribution in [0.5, 0.6) is 0 Å². The molecule has 0 aliphatic rings. The Morgan fingerprint density at radius 3 is 2.71 bits per heavy atom. The standard InChI is InChI=1S/C13H15ClN2S/c1-3-9(2)15-13-16-12(8-17-13)10-4-6-11(14)7-5-10/h4-9H,3H2,1-2H3,(H,15,16)/t9-/m0/s1. The van der Waals surface area contributed by atoms with Gasteiger partial charge in [-0.25, -0.2) is 4.98 Å². The van der Waals surface area contributed by atoms with Gasteiger partial charge in [0.05, 0.1) is 5.69 Å². The fourth-order valence-corrected chi connectivity index (χ4v) is 2.36. The number of aromatic nitrogens is 1. The number of hydrogen-bond donors (Lipinski definition) is 1. The molecule has 90 valence electrons. The molecule has 1 aromatic carbocycles. The fourth-order valence-electron chi connectivity index (χ4n) is 1.41. The zero-order valence-corrected chi connectivity index (χ0v) is 11.5. The van der Waals surface area contributed by atoms with E-state index in [-0.39, 0.29) is 0 Å². The molecular formula is C13H15ClN2S. The summed E-state index contributed by atoms with van der Waals surface area (Å²) in [5.74, 6) is 0. The number of halogens is 1. The van der Waals surface area contributed by atoms with Crippen molar-refractivity contribution in [2.75, 3.05) is 5.32 Å². The molecule has 0 saturated carbocycles. The minimum atomic E-state index is 0.458. The van der Waals surface area contributed by atoms with E-state index in [0.29, 0.717) is 6.04 Å². The minimum Gasteiger partial charge on any atom is -0.359 e. The number of rotatable bonds is 4. The first-order chi connectivity index (χ1) is 8.19. The van der Waals surface area contributed by atoms with E-state index in [1.807, 2.05) is 24.3 Å². The third-order valence-corrected chi connectivity index (χ3v) is 3.65. The predicted molar refractivity (Wildman–Crippen MR) is 75.9 cm³/mol. The van der Waals surface area contributed by atoms with Crippen molar-refractivity contribution in [1.29, 1.82) is 0 Å². The molecule has 1 atom stereocenters. The number of hydrogen-bond acceptors (Lipinski definition) is 3. The predicted octanol–water partition coefficient (Wildman–Crippen LogP) is 4.67. The van der Waals surface area contributed by atoms with E-state index in [0.717, 1.165) is 27.8 Å². The van der Waals surface area contributed by atoms with Crippen LogP contribution in [0.15, 0.2) is 29.6 Å². The molecule has 0 radical (unpaired) electrons. The molecule has 0 unspecified atom stereocenters. The van der Waals surface area contributed by atoms with Gasteiger partial charge in [0.2, 0.25) is 0 Å². The van der Waals surface area contributed by atoms with Crippen LogP contribution >= 0.6 is 22.9 Å². The summed E-state index contributed by atoms with van der Waals surface area (Å²) in [4.78, 5) is 4.56. The molecule has 1 heterocycles. The lowest BCUT2D eigenvalue weighted by Gasteiger charge is -2.08. The van der Waals surface area contributed by atoms with E-state index in [4.69, 9.17) is 11.6 Å². The maximum atomic E-state index is 5.86. The molecule has 17 heavy (non-hydrogen) atoms. The summed E-state index contributed by atoms with van der Waals surface area (Å²) in [7, 11) is 0. The Hall–Kier alpha value is -1.06. The van der Waals surface area contributed by atoms with Crippen LogP contribution in [0.4, 0.5) is 5.13 Å². The van der Waals surface area contributed by atoms with Crippen molar-refractivity contribution >= 4 is 28.1 Å². The Bertz CT molecular complexity index is 478. The Labute approximate surface area is 111 Å². The first-order valence-corrected chi connectivity index (χ1v) is 6.93. The molecule has 0 aliphatic heterocycles. The average Bonchev–Trinajstić information content (AvgIpc) is 2.78. The van der Waals surface area contributed by atoms with Gasteiger partial charge in [-0.15, -0.1) is 11.3 Å². The van der Waals surface area contributed by atoms with Crippen molar-refractivity contribution in [2.45, 2.75) is 26.3 Å². The zero-order valence-electron chi connectivity index (χ0n) is 9.90. The van der Waals surface area contributed by atoms with Crippen LogP contribution in [-0.2, 0) is 0 Å². The molecule has 0 aliphatic carbocycles. The Balaban J connectivity index is 2.15. The molecule has 2 rings (SSSR count). The maximum Gasteiger partial charge on any atom is 0.183 e. The summed E-state index contributed by atoms with van der Waals surface area (Å²) in [5, 5.41) is 7.17. The van der Waals surface area contributed by atoms with E-state index < -0.39 is 0 Å². The summed E-state index contributed by atoms with van der Waals surface area (Å²) in [6.45, 7) is 4.31. The van der Waals surface area contributed by atoms with Crippen LogP contribution in [0, 0.1) is 0 Å². The summed E-state index contributed by atoms with van der Waals surface area (Å²) in [5.41, 5.74) is 2.10. The van der Waals surface area contributed by atoms with E-state index in [1.165, 1.54) is 0 Å². The van der Waals surface area contributed by atoms with E-state index in [2.05, 4.69) is 29.5 Å². The van der Waals surface area contributed by atoms with E-state index >= 15 is 0 Å². The van der Waals surface area contributed by atoms with Gasteiger partial charge in [0.25, 0.3) is 0 Å². The topological polar surface area (TPSA) is 24.9 Å². The molecule has 0 spiro atoms. The maximum absolute atomic E-state index is 5.86. The lowest BCUT2D eigenvalue weighted by Crippen LogP contribution is -2.12. The number of nitrogens with one attached hydrogen (secondary N) is 1. The molecule has 2 nitrogen and oxygen atoms in total. The molecule has 1 N–H and O–H groups in total. The summed E-state index contributed by atoms with van der Waals surface area (Å²) < 4.78 is 0. The van der Waals surface area contributed by atoms with Crippen molar-refractivity contribution in [3.8, 4) is 11.3 Å². The molecule has 0 bridgehead atoms. The van der Waals surface area contributed by atoms with Crippen molar-refractivity contribution in [2.24, 2.45) is 0 Å². The lowest BCUT2D eigenvalue weighted by molar-refractivity contribution is 0.763. The Morgan fingerprint density at radius 2 is 2.06 bits per heavy atom. The second-order valence-corrected chi connectivity index (χ2v) is 5.29. The van der Waals surface area contributed by atoms with Crippen molar-refractivity contribution in [3.63, 3.8) is 0 Å². The van der Waals surface area contributed by atoms with Gasteiger partial charge in [0.15, 0.2) is 5.13 Å². The normalized spacial score (nSPS) is 12.4.